The number of aromatic nitrogens is 1. The molecule has 0 bridgehead atoms. The highest BCUT2D eigenvalue weighted by Gasteiger charge is 2.11. The molecule has 4 nitrogen and oxygen atoms in total. The molecule has 0 radical (unpaired) electrons. The summed E-state index contributed by atoms with van der Waals surface area (Å²) in [6, 6.07) is 11.8. The van der Waals surface area contributed by atoms with Crippen molar-refractivity contribution in [3.63, 3.8) is 0 Å². The van der Waals surface area contributed by atoms with Crippen LogP contribution >= 0.6 is 0 Å². The van der Waals surface area contributed by atoms with E-state index in [-0.39, 0.29) is 5.91 Å². The molecule has 112 valence electrons. The van der Waals surface area contributed by atoms with Crippen LogP contribution in [0.1, 0.15) is 23.3 Å². The first-order valence-electron chi connectivity index (χ1n) is 7.36. The zero-order valence-electron chi connectivity index (χ0n) is 12.5. The highest BCUT2D eigenvalue weighted by molar-refractivity contribution is 5.82. The maximum absolute atomic E-state index is 11.9. The molecule has 2 heterocycles. The van der Waals surface area contributed by atoms with E-state index in [1.807, 2.05) is 43.3 Å². The van der Waals surface area contributed by atoms with E-state index in [1.54, 1.807) is 12.4 Å². The molecule has 0 aliphatic carbocycles. The largest absolute Gasteiger partial charge is 0.459 e. The summed E-state index contributed by atoms with van der Waals surface area (Å²) in [4.78, 5) is 16.0. The number of rotatable bonds is 5. The third kappa shape index (κ3) is 3.17. The SMILES string of the molecule is Cc1c(CNC(=O)CCc2cccnc2)oc2ccccc12. The molecule has 3 rings (SSSR count). The number of nitrogens with one attached hydrogen (secondary N) is 1. The van der Waals surface area contributed by atoms with Gasteiger partial charge in [0.1, 0.15) is 11.3 Å². The van der Waals surface area contributed by atoms with Crippen molar-refractivity contribution < 1.29 is 9.21 Å². The number of pyridine rings is 1. The van der Waals surface area contributed by atoms with Crippen molar-refractivity contribution in [1.82, 2.24) is 10.3 Å². The van der Waals surface area contributed by atoms with Gasteiger partial charge in [0.2, 0.25) is 5.91 Å². The van der Waals surface area contributed by atoms with Crippen molar-refractivity contribution in [2.45, 2.75) is 26.3 Å². The monoisotopic (exact) mass is 294 g/mol. The van der Waals surface area contributed by atoms with Gasteiger partial charge in [-0.15, -0.1) is 0 Å². The number of amides is 1. The maximum atomic E-state index is 11.9. The topological polar surface area (TPSA) is 55.1 Å². The van der Waals surface area contributed by atoms with Gasteiger partial charge in [0.15, 0.2) is 0 Å². The Bertz CT molecular complexity index is 778. The smallest absolute Gasteiger partial charge is 0.220 e. The summed E-state index contributed by atoms with van der Waals surface area (Å²) in [5, 5.41) is 4.02. The van der Waals surface area contributed by atoms with Crippen LogP contribution in [0.2, 0.25) is 0 Å². The first kappa shape index (κ1) is 14.3. The quantitative estimate of drug-likeness (QED) is 0.784. The minimum absolute atomic E-state index is 0.0173. The molecule has 0 saturated heterocycles. The first-order valence-corrected chi connectivity index (χ1v) is 7.36. The summed E-state index contributed by atoms with van der Waals surface area (Å²) in [5.41, 5.74) is 3.01. The van der Waals surface area contributed by atoms with Crippen LogP contribution in [0.3, 0.4) is 0 Å². The van der Waals surface area contributed by atoms with Gasteiger partial charge >= 0.3 is 0 Å². The van der Waals surface area contributed by atoms with E-state index < -0.39 is 0 Å². The van der Waals surface area contributed by atoms with Gasteiger partial charge in [-0.2, -0.15) is 0 Å². The number of benzene rings is 1. The molecule has 1 N–H and O–H groups in total. The Hall–Kier alpha value is -2.62. The van der Waals surface area contributed by atoms with E-state index in [0.717, 1.165) is 27.9 Å². The van der Waals surface area contributed by atoms with Crippen LogP contribution in [0.15, 0.2) is 53.2 Å². The lowest BCUT2D eigenvalue weighted by molar-refractivity contribution is -0.121. The van der Waals surface area contributed by atoms with Crippen LogP contribution in [-0.4, -0.2) is 10.9 Å². The number of carbonyl (C=O) groups is 1. The van der Waals surface area contributed by atoms with E-state index >= 15 is 0 Å². The Morgan fingerprint density at radius 2 is 2.09 bits per heavy atom. The Kier molecular flexibility index (Phi) is 4.19. The zero-order chi connectivity index (χ0) is 15.4. The number of aryl methyl sites for hydroxylation is 2. The number of para-hydroxylation sites is 1. The second kappa shape index (κ2) is 6.43. The minimum atomic E-state index is 0.0173. The second-order valence-electron chi connectivity index (χ2n) is 5.28. The van der Waals surface area contributed by atoms with Crippen molar-refractivity contribution in [1.29, 1.82) is 0 Å². The van der Waals surface area contributed by atoms with Gasteiger partial charge < -0.3 is 9.73 Å². The molecule has 1 amide bonds. The molecule has 4 heteroatoms. The Morgan fingerprint density at radius 1 is 1.23 bits per heavy atom. The fourth-order valence-corrected chi connectivity index (χ4v) is 2.46. The molecule has 0 aliphatic rings. The zero-order valence-corrected chi connectivity index (χ0v) is 12.5. The molecular weight excluding hydrogens is 276 g/mol. The third-order valence-electron chi connectivity index (χ3n) is 3.75. The second-order valence-corrected chi connectivity index (χ2v) is 5.28. The molecule has 0 aliphatic heterocycles. The van der Waals surface area contributed by atoms with Crippen LogP contribution < -0.4 is 5.32 Å². The lowest BCUT2D eigenvalue weighted by Crippen LogP contribution is -2.23. The Labute approximate surface area is 129 Å². The highest BCUT2D eigenvalue weighted by atomic mass is 16.3. The standard InChI is InChI=1S/C18H18N2O2/c1-13-15-6-2-3-7-16(15)22-17(13)12-20-18(21)9-8-14-5-4-10-19-11-14/h2-7,10-11H,8-9,12H2,1H3,(H,20,21). The van der Waals surface area contributed by atoms with Gasteiger partial charge in [0, 0.05) is 29.8 Å². The maximum Gasteiger partial charge on any atom is 0.220 e. The lowest BCUT2D eigenvalue weighted by Gasteiger charge is -2.04. The molecule has 2 aromatic heterocycles. The average Bonchev–Trinajstić information content (AvgIpc) is 2.88. The summed E-state index contributed by atoms with van der Waals surface area (Å²) < 4.78 is 5.79. The summed E-state index contributed by atoms with van der Waals surface area (Å²) in [6.07, 6.45) is 4.66. The number of hydrogen-bond acceptors (Lipinski definition) is 3. The Morgan fingerprint density at radius 3 is 2.86 bits per heavy atom. The summed E-state index contributed by atoms with van der Waals surface area (Å²) in [7, 11) is 0. The average molecular weight is 294 g/mol. The predicted molar refractivity (Wildman–Crippen MR) is 85.4 cm³/mol. The van der Waals surface area contributed by atoms with E-state index in [9.17, 15) is 4.79 Å². The number of fused-ring (bicyclic) bond motifs is 1. The van der Waals surface area contributed by atoms with E-state index in [1.165, 1.54) is 0 Å². The summed E-state index contributed by atoms with van der Waals surface area (Å²) in [5.74, 6) is 0.833. The minimum Gasteiger partial charge on any atom is -0.459 e. The van der Waals surface area contributed by atoms with Gasteiger partial charge in [-0.3, -0.25) is 9.78 Å². The molecule has 22 heavy (non-hydrogen) atoms. The fourth-order valence-electron chi connectivity index (χ4n) is 2.46. The summed E-state index contributed by atoms with van der Waals surface area (Å²) >= 11 is 0. The molecule has 0 fully saturated rings. The molecule has 1 aromatic carbocycles. The summed E-state index contributed by atoms with van der Waals surface area (Å²) in [6.45, 7) is 2.44. The van der Waals surface area contributed by atoms with E-state index in [2.05, 4.69) is 10.3 Å². The molecule has 0 atom stereocenters. The van der Waals surface area contributed by atoms with Gasteiger partial charge in [-0.25, -0.2) is 0 Å². The predicted octanol–water partition coefficient (Wildman–Crippen LogP) is 3.39. The van der Waals surface area contributed by atoms with Crippen molar-refractivity contribution in [3.05, 3.63) is 65.7 Å². The van der Waals surface area contributed by atoms with Gasteiger partial charge in [-0.1, -0.05) is 24.3 Å². The number of carbonyl (C=O) groups excluding carboxylic acids is 1. The third-order valence-corrected chi connectivity index (χ3v) is 3.75. The van der Waals surface area contributed by atoms with Crippen LogP contribution in [0.4, 0.5) is 0 Å². The molecular formula is C18H18N2O2. The van der Waals surface area contributed by atoms with Crippen LogP contribution in [0.5, 0.6) is 0 Å². The van der Waals surface area contributed by atoms with E-state index in [0.29, 0.717) is 19.4 Å². The van der Waals surface area contributed by atoms with Crippen molar-refractivity contribution >= 4 is 16.9 Å². The van der Waals surface area contributed by atoms with E-state index in [4.69, 9.17) is 4.42 Å². The molecule has 3 aromatic rings. The van der Waals surface area contributed by atoms with Crippen molar-refractivity contribution in [3.8, 4) is 0 Å². The van der Waals surface area contributed by atoms with Gasteiger partial charge in [0.25, 0.3) is 0 Å². The van der Waals surface area contributed by atoms with Gasteiger partial charge in [-0.05, 0) is 31.0 Å². The molecule has 0 spiro atoms. The van der Waals surface area contributed by atoms with Crippen molar-refractivity contribution in [2.75, 3.05) is 0 Å². The van der Waals surface area contributed by atoms with Crippen LogP contribution in [0.25, 0.3) is 11.0 Å². The number of furan rings is 1. The van der Waals surface area contributed by atoms with Crippen molar-refractivity contribution in [2.24, 2.45) is 0 Å². The van der Waals surface area contributed by atoms with Crippen LogP contribution in [-0.2, 0) is 17.8 Å². The fraction of sp³-hybridized carbons (Fsp3) is 0.222. The Balaban J connectivity index is 1.57. The van der Waals surface area contributed by atoms with Gasteiger partial charge in [0.05, 0.1) is 6.54 Å². The molecule has 0 unspecified atom stereocenters. The number of hydrogen-bond donors (Lipinski definition) is 1. The lowest BCUT2D eigenvalue weighted by atomic mass is 10.1. The van der Waals surface area contributed by atoms with Crippen LogP contribution in [0, 0.1) is 6.92 Å². The molecule has 0 saturated carbocycles. The highest BCUT2D eigenvalue weighted by Crippen LogP contribution is 2.24. The number of nitrogens with zero attached hydrogens (tertiary/aromatic N) is 1. The first-order chi connectivity index (χ1) is 10.7. The normalized spacial score (nSPS) is 10.8.